The molecule has 0 amide bonds. The number of benzene rings is 3. The molecule has 0 radical (unpaired) electrons. The predicted octanol–water partition coefficient (Wildman–Crippen LogP) is 8.29. The molecule has 0 fully saturated rings. The fourth-order valence-corrected chi connectivity index (χ4v) is 10.7. The Morgan fingerprint density at radius 3 is 1.76 bits per heavy atom. The van der Waals surface area contributed by atoms with Crippen LogP contribution in [-0.2, 0) is 38.8 Å². The third-order valence-electron chi connectivity index (χ3n) is 7.42. The van der Waals surface area contributed by atoms with Gasteiger partial charge in [0.25, 0.3) is 0 Å². The van der Waals surface area contributed by atoms with Crippen LogP contribution in [0.3, 0.4) is 0 Å². The van der Waals surface area contributed by atoms with Gasteiger partial charge < -0.3 is 9.05 Å². The van der Waals surface area contributed by atoms with E-state index in [0.29, 0.717) is 12.8 Å². The first-order valence-corrected chi connectivity index (χ1v) is 20.1. The van der Waals surface area contributed by atoms with Crippen LogP contribution in [0.4, 0.5) is 0 Å². The first-order valence-electron chi connectivity index (χ1n) is 14.9. The molecule has 0 spiro atoms. The van der Waals surface area contributed by atoms with Crippen molar-refractivity contribution in [3.05, 3.63) is 105 Å². The summed E-state index contributed by atoms with van der Waals surface area (Å²) in [7, 11) is -13.9. The molecule has 14 heteroatoms. The van der Waals surface area contributed by atoms with Crippen molar-refractivity contribution in [3.63, 3.8) is 0 Å². The molecule has 248 valence electrons. The lowest BCUT2D eigenvalue weighted by atomic mass is 9.92. The molecule has 4 rings (SSSR count). The largest absolute Gasteiger partial charge is 0.360 e. The molecule has 46 heavy (non-hydrogen) atoms. The van der Waals surface area contributed by atoms with Gasteiger partial charge in [-0.2, -0.15) is 4.72 Å². The first kappa shape index (κ1) is 36.5. The Bertz CT molecular complexity index is 1830. The monoisotopic (exact) mass is 727 g/mol. The van der Waals surface area contributed by atoms with Gasteiger partial charge in [-0.25, -0.2) is 16.8 Å². The average Bonchev–Trinajstić information content (AvgIpc) is 3.03. The number of carbonyl (C=O) groups is 1. The van der Waals surface area contributed by atoms with Gasteiger partial charge >= 0.3 is 7.60 Å². The summed E-state index contributed by atoms with van der Waals surface area (Å²) in [5.74, 6) is -0.907. The molecule has 0 aliphatic heterocycles. The average molecular weight is 729 g/mol. The Morgan fingerprint density at radius 1 is 0.739 bits per heavy atom. The number of unbranched alkanes of at least 4 members (excludes halogenated alkanes) is 4. The molecule has 0 saturated heterocycles. The number of sulfone groups is 1. The van der Waals surface area contributed by atoms with E-state index in [-0.39, 0.29) is 44.2 Å². The molecule has 0 saturated carbocycles. The van der Waals surface area contributed by atoms with Crippen molar-refractivity contribution in [2.75, 3.05) is 13.2 Å². The van der Waals surface area contributed by atoms with Gasteiger partial charge in [-0.15, -0.1) is 0 Å². The van der Waals surface area contributed by atoms with E-state index >= 15 is 4.57 Å². The molecule has 1 unspecified atom stereocenters. The highest BCUT2D eigenvalue weighted by molar-refractivity contribution is 7.96. The maximum Gasteiger partial charge on any atom is 0.360 e. The van der Waals surface area contributed by atoms with Crippen molar-refractivity contribution in [1.82, 2.24) is 4.72 Å². The van der Waals surface area contributed by atoms with Crippen LogP contribution < -0.4 is 4.72 Å². The number of Topliss-reactive ketones (excluding diaryl/α,β-unsaturated/α-hetero) is 1. The highest BCUT2D eigenvalue weighted by Gasteiger charge is 2.58. The molecule has 0 heterocycles. The van der Waals surface area contributed by atoms with Crippen molar-refractivity contribution in [1.29, 1.82) is 0 Å². The van der Waals surface area contributed by atoms with Gasteiger partial charge in [0.2, 0.25) is 25.6 Å². The Hall–Kier alpha value is -2.34. The summed E-state index contributed by atoms with van der Waals surface area (Å²) in [6.45, 7) is 3.80. The van der Waals surface area contributed by atoms with Gasteiger partial charge in [-0.05, 0) is 67.4 Å². The van der Waals surface area contributed by atoms with E-state index in [0.717, 1.165) is 31.8 Å². The van der Waals surface area contributed by atoms with Crippen LogP contribution in [0.25, 0.3) is 0 Å². The van der Waals surface area contributed by atoms with Gasteiger partial charge in [-0.3, -0.25) is 9.36 Å². The van der Waals surface area contributed by atoms with Crippen molar-refractivity contribution in [2.45, 2.75) is 67.4 Å². The first-order chi connectivity index (χ1) is 21.8. The number of nitrogens with one attached hydrogen (secondary N) is 1. The number of rotatable bonds is 16. The smallest absolute Gasteiger partial charge is 0.307 e. The molecule has 1 N–H and O–H groups in total. The highest BCUT2D eigenvalue weighted by atomic mass is 35.5. The molecule has 0 aromatic heterocycles. The molecule has 3 aromatic rings. The summed E-state index contributed by atoms with van der Waals surface area (Å²) in [4.78, 5) is 12.6. The molecule has 9 nitrogen and oxygen atoms in total. The van der Waals surface area contributed by atoms with Gasteiger partial charge in [0.05, 0.1) is 23.0 Å². The van der Waals surface area contributed by atoms with E-state index in [1.807, 2.05) is 13.8 Å². The van der Waals surface area contributed by atoms with Gasteiger partial charge in [0.15, 0.2) is 5.28 Å². The minimum absolute atomic E-state index is 0.0677. The lowest BCUT2D eigenvalue weighted by Crippen LogP contribution is -2.48. The quantitative estimate of drug-likeness (QED) is 0.115. The van der Waals surface area contributed by atoms with Crippen LogP contribution in [0.1, 0.15) is 68.3 Å². The standard InChI is InChI=1S/C32H36Cl2NO8PS2/c1-3-5-9-21-42-44(37,43-22-10-6-4-2)32(35-46(40,41)27-19-15-25(34)16-20-27)23-30(31(36)28-11-7-8-12-29(28)32)45(38,39)26-17-13-24(33)14-18-26/h7-8,11-20,23,35H,3-6,9-10,21-22H2,1-2H3. The second-order valence-corrected chi connectivity index (χ2v) is 17.4. The van der Waals surface area contributed by atoms with E-state index in [1.165, 1.54) is 72.8 Å². The summed E-state index contributed by atoms with van der Waals surface area (Å²) in [6.07, 6.45) is 4.91. The fourth-order valence-electron chi connectivity index (χ4n) is 4.98. The topological polar surface area (TPSA) is 133 Å². The Balaban J connectivity index is 2.05. The van der Waals surface area contributed by atoms with Crippen molar-refractivity contribution < 1.29 is 35.2 Å². The maximum absolute atomic E-state index is 15.3. The van der Waals surface area contributed by atoms with Crippen LogP contribution in [0.15, 0.2) is 93.6 Å². The molecule has 1 aliphatic carbocycles. The number of fused-ring (bicyclic) bond motifs is 1. The number of halogens is 2. The normalized spacial score (nSPS) is 17.0. The summed E-state index contributed by atoms with van der Waals surface area (Å²) < 4.78 is 86.4. The minimum atomic E-state index is -4.73. The molecule has 1 atom stereocenters. The van der Waals surface area contributed by atoms with Crippen LogP contribution in [-0.4, -0.2) is 35.8 Å². The van der Waals surface area contributed by atoms with E-state index in [9.17, 15) is 21.6 Å². The molecule has 0 bridgehead atoms. The second-order valence-electron chi connectivity index (χ2n) is 10.7. The number of hydrogen-bond acceptors (Lipinski definition) is 8. The van der Waals surface area contributed by atoms with Gasteiger partial charge in [0, 0.05) is 21.2 Å². The fraction of sp³-hybridized carbons (Fsp3) is 0.344. The predicted molar refractivity (Wildman–Crippen MR) is 180 cm³/mol. The number of sulfonamides is 1. The minimum Gasteiger partial charge on any atom is -0.307 e. The Labute approximate surface area is 280 Å². The van der Waals surface area contributed by atoms with E-state index in [2.05, 4.69) is 4.72 Å². The van der Waals surface area contributed by atoms with E-state index in [4.69, 9.17) is 32.2 Å². The van der Waals surface area contributed by atoms with Gasteiger partial charge in [0.1, 0.15) is 4.91 Å². The van der Waals surface area contributed by atoms with Crippen LogP contribution in [0.5, 0.6) is 0 Å². The zero-order valence-corrected chi connectivity index (χ0v) is 29.5. The van der Waals surface area contributed by atoms with E-state index in [1.54, 1.807) is 0 Å². The maximum atomic E-state index is 15.3. The lowest BCUT2D eigenvalue weighted by molar-refractivity contribution is 0.103. The number of ketones is 1. The number of carbonyl (C=O) groups excluding carboxylic acids is 1. The molecule has 1 aliphatic rings. The van der Waals surface area contributed by atoms with Crippen LogP contribution in [0.2, 0.25) is 10.0 Å². The summed E-state index contributed by atoms with van der Waals surface area (Å²) in [5, 5.41) is -1.92. The Kier molecular flexibility index (Phi) is 12.1. The van der Waals surface area contributed by atoms with Gasteiger partial charge in [-0.1, -0.05) is 87.0 Å². The third kappa shape index (κ3) is 7.69. The summed E-state index contributed by atoms with van der Waals surface area (Å²) in [5.41, 5.74) is -0.243. The number of allylic oxidation sites excluding steroid dienone is 1. The van der Waals surface area contributed by atoms with Crippen LogP contribution in [0, 0.1) is 0 Å². The highest BCUT2D eigenvalue weighted by Crippen LogP contribution is 2.67. The summed E-state index contributed by atoms with van der Waals surface area (Å²) >= 11 is 12.0. The zero-order chi connectivity index (χ0) is 33.6. The lowest BCUT2D eigenvalue weighted by Gasteiger charge is -2.40. The molecule has 3 aromatic carbocycles. The second kappa shape index (κ2) is 15.3. The van der Waals surface area contributed by atoms with Crippen molar-refractivity contribution >= 4 is 56.4 Å². The molecular formula is C32H36Cl2NO8PS2. The SMILES string of the molecule is CCCCCOP(=O)(OCCCCC)C1(NS(=O)(=O)c2ccc(Cl)cc2)C=C(S(=O)(=O)c2ccc(Cl)cc2)C(=O)c2ccccc21. The summed E-state index contributed by atoms with van der Waals surface area (Å²) in [6, 6.07) is 16.2. The Morgan fingerprint density at radius 2 is 1.24 bits per heavy atom. The zero-order valence-electron chi connectivity index (χ0n) is 25.4. The number of hydrogen-bond donors (Lipinski definition) is 1. The van der Waals surface area contributed by atoms with E-state index < -0.39 is 43.4 Å². The third-order valence-corrected chi connectivity index (χ3v) is 13.7. The van der Waals surface area contributed by atoms with Crippen molar-refractivity contribution in [3.8, 4) is 0 Å². The van der Waals surface area contributed by atoms with Crippen molar-refractivity contribution in [2.24, 2.45) is 0 Å². The van der Waals surface area contributed by atoms with Crippen LogP contribution >= 0.6 is 30.8 Å². The molecular weight excluding hydrogens is 692 g/mol.